The Labute approximate surface area is 104 Å². The third-order valence-corrected chi connectivity index (χ3v) is 3.13. The van der Waals surface area contributed by atoms with Crippen LogP contribution in [0.1, 0.15) is 5.01 Å². The van der Waals surface area contributed by atoms with Crippen molar-refractivity contribution in [3.8, 4) is 5.75 Å². The first-order valence-corrected chi connectivity index (χ1v) is 5.62. The molecule has 0 unspecified atom stereocenters. The molecule has 18 heavy (non-hydrogen) atoms. The molecular formula is C11H7F3NO2S-. The van der Waals surface area contributed by atoms with Gasteiger partial charge in [-0.2, -0.15) is 13.2 Å². The molecule has 0 aliphatic carbocycles. The van der Waals surface area contributed by atoms with Gasteiger partial charge in [0.15, 0.2) is 0 Å². The summed E-state index contributed by atoms with van der Waals surface area (Å²) in [4.78, 5) is 3.94. The molecule has 0 saturated heterocycles. The highest BCUT2D eigenvalue weighted by molar-refractivity contribution is 7.19. The maximum Gasteiger partial charge on any atom is 0.402 e. The minimum absolute atomic E-state index is 0.0283. The van der Waals surface area contributed by atoms with Crippen molar-refractivity contribution in [3.63, 3.8) is 0 Å². The summed E-state index contributed by atoms with van der Waals surface area (Å²) in [7, 11) is 1.48. The standard InChI is InChI=1S/C11H8F3NO2S/c1-17-6-2-3-8-7(4-6)15-10(18-8)5-9(16)11(12,13)14/h2-5,16H,1H3/p-1/b9-5-. The van der Waals surface area contributed by atoms with Gasteiger partial charge in [-0.05, 0) is 24.0 Å². The van der Waals surface area contributed by atoms with Gasteiger partial charge in [-0.15, -0.1) is 11.3 Å². The van der Waals surface area contributed by atoms with Crippen LogP contribution in [0.5, 0.6) is 5.75 Å². The van der Waals surface area contributed by atoms with Gasteiger partial charge in [0.1, 0.15) is 10.8 Å². The molecule has 3 nitrogen and oxygen atoms in total. The summed E-state index contributed by atoms with van der Waals surface area (Å²) in [5.41, 5.74) is 0.501. The topological polar surface area (TPSA) is 45.2 Å². The summed E-state index contributed by atoms with van der Waals surface area (Å²) < 4.78 is 41.9. The fraction of sp³-hybridized carbons (Fsp3) is 0.182. The van der Waals surface area contributed by atoms with Gasteiger partial charge in [0.2, 0.25) is 0 Å². The van der Waals surface area contributed by atoms with Gasteiger partial charge in [-0.1, -0.05) is 0 Å². The van der Waals surface area contributed by atoms with Gasteiger partial charge in [-0.3, -0.25) is 0 Å². The summed E-state index contributed by atoms with van der Waals surface area (Å²) in [5.74, 6) is -1.35. The van der Waals surface area contributed by atoms with E-state index >= 15 is 0 Å². The summed E-state index contributed by atoms with van der Waals surface area (Å²) in [6.07, 6.45) is -4.37. The zero-order valence-electron chi connectivity index (χ0n) is 9.12. The van der Waals surface area contributed by atoms with Crippen molar-refractivity contribution in [2.24, 2.45) is 0 Å². The maximum absolute atomic E-state index is 12.1. The molecule has 1 aromatic heterocycles. The molecule has 0 amide bonds. The van der Waals surface area contributed by atoms with Gasteiger partial charge in [-0.25, -0.2) is 4.98 Å². The largest absolute Gasteiger partial charge is 0.869 e. The third kappa shape index (κ3) is 2.56. The normalized spacial score (nSPS) is 13.0. The Balaban J connectivity index is 2.42. The average molecular weight is 274 g/mol. The highest BCUT2D eigenvalue weighted by atomic mass is 32.1. The van der Waals surface area contributed by atoms with E-state index in [9.17, 15) is 18.3 Å². The highest BCUT2D eigenvalue weighted by Gasteiger charge is 2.26. The number of benzene rings is 1. The molecule has 0 saturated carbocycles. The first-order chi connectivity index (χ1) is 8.40. The van der Waals surface area contributed by atoms with E-state index in [1.807, 2.05) is 0 Å². The zero-order valence-corrected chi connectivity index (χ0v) is 9.93. The SMILES string of the molecule is COc1ccc2sc(/C=C(\[O-])C(F)(F)F)nc2c1. The van der Waals surface area contributed by atoms with Crippen molar-refractivity contribution in [2.45, 2.75) is 6.18 Å². The predicted octanol–water partition coefficient (Wildman–Crippen LogP) is 2.57. The lowest BCUT2D eigenvalue weighted by molar-refractivity contribution is -0.357. The number of ether oxygens (including phenoxy) is 1. The number of nitrogens with zero attached hydrogens (tertiary/aromatic N) is 1. The van der Waals surface area contributed by atoms with Crippen LogP contribution in [-0.4, -0.2) is 18.3 Å². The van der Waals surface area contributed by atoms with Crippen LogP contribution in [0.2, 0.25) is 0 Å². The van der Waals surface area contributed by atoms with Crippen molar-refractivity contribution in [1.82, 2.24) is 4.98 Å². The number of halogens is 3. The van der Waals surface area contributed by atoms with Crippen LogP contribution in [0.3, 0.4) is 0 Å². The van der Waals surface area contributed by atoms with Gasteiger partial charge >= 0.3 is 6.18 Å². The second kappa shape index (κ2) is 4.49. The van der Waals surface area contributed by atoms with Crippen LogP contribution in [-0.2, 0) is 0 Å². The third-order valence-electron chi connectivity index (χ3n) is 2.15. The Morgan fingerprint density at radius 2 is 2.17 bits per heavy atom. The smallest absolute Gasteiger partial charge is 0.402 e. The number of thiazole rings is 1. The number of fused-ring (bicyclic) bond motifs is 1. The molecule has 7 heteroatoms. The predicted molar refractivity (Wildman–Crippen MR) is 60.2 cm³/mol. The van der Waals surface area contributed by atoms with E-state index in [2.05, 4.69) is 4.98 Å². The fourth-order valence-corrected chi connectivity index (χ4v) is 2.19. The van der Waals surface area contributed by atoms with Crippen molar-refractivity contribution in [3.05, 3.63) is 29.0 Å². The summed E-state index contributed by atoms with van der Waals surface area (Å²) >= 11 is 1.02. The van der Waals surface area contributed by atoms with Gasteiger partial charge in [0.05, 0.1) is 17.3 Å². The second-order valence-electron chi connectivity index (χ2n) is 3.39. The van der Waals surface area contributed by atoms with E-state index in [1.165, 1.54) is 7.11 Å². The molecule has 2 aromatic rings. The molecule has 0 N–H and O–H groups in total. The van der Waals surface area contributed by atoms with Crippen LogP contribution >= 0.6 is 11.3 Å². The van der Waals surface area contributed by atoms with E-state index in [1.54, 1.807) is 18.2 Å². The Morgan fingerprint density at radius 3 is 2.78 bits per heavy atom. The van der Waals surface area contributed by atoms with Crippen molar-refractivity contribution >= 4 is 27.6 Å². The molecular weight excluding hydrogens is 267 g/mol. The van der Waals surface area contributed by atoms with Crippen LogP contribution in [0, 0.1) is 0 Å². The molecule has 0 aliphatic rings. The van der Waals surface area contributed by atoms with Crippen molar-refractivity contribution < 1.29 is 23.0 Å². The van der Waals surface area contributed by atoms with Gasteiger partial charge in [0, 0.05) is 6.07 Å². The lowest BCUT2D eigenvalue weighted by Gasteiger charge is -2.14. The first kappa shape index (κ1) is 12.7. The van der Waals surface area contributed by atoms with Gasteiger partial charge < -0.3 is 9.84 Å². The number of hydrogen-bond acceptors (Lipinski definition) is 4. The molecule has 0 fully saturated rings. The molecule has 0 bridgehead atoms. The van der Waals surface area contributed by atoms with Crippen LogP contribution < -0.4 is 9.84 Å². The lowest BCUT2D eigenvalue weighted by atomic mass is 10.3. The summed E-state index contributed by atoms with van der Waals surface area (Å²) in [5, 5.41) is 10.8. The number of aromatic nitrogens is 1. The minimum Gasteiger partial charge on any atom is -0.869 e. The number of alkyl halides is 3. The zero-order chi connectivity index (χ0) is 13.3. The minimum atomic E-state index is -4.87. The molecule has 1 heterocycles. The van der Waals surface area contributed by atoms with Gasteiger partial charge in [0.25, 0.3) is 0 Å². The number of allylic oxidation sites excluding steroid dienone is 1. The molecule has 0 spiro atoms. The Morgan fingerprint density at radius 1 is 1.44 bits per heavy atom. The number of rotatable bonds is 2. The summed E-state index contributed by atoms with van der Waals surface area (Å²) in [6.45, 7) is 0. The van der Waals surface area contributed by atoms with E-state index < -0.39 is 11.9 Å². The molecule has 2 rings (SSSR count). The molecule has 0 aliphatic heterocycles. The number of methoxy groups -OCH3 is 1. The molecule has 0 radical (unpaired) electrons. The monoisotopic (exact) mass is 274 g/mol. The Hall–Kier alpha value is -1.76. The molecule has 96 valence electrons. The van der Waals surface area contributed by atoms with E-state index in [4.69, 9.17) is 4.74 Å². The number of hydrogen-bond donors (Lipinski definition) is 0. The molecule has 0 atom stereocenters. The van der Waals surface area contributed by atoms with E-state index in [0.717, 1.165) is 11.3 Å². The first-order valence-electron chi connectivity index (χ1n) is 4.80. The second-order valence-corrected chi connectivity index (χ2v) is 4.45. The van der Waals surface area contributed by atoms with E-state index in [-0.39, 0.29) is 5.01 Å². The van der Waals surface area contributed by atoms with Crippen LogP contribution in [0.15, 0.2) is 24.0 Å². The quantitative estimate of drug-likeness (QED) is 0.791. The fourth-order valence-electron chi connectivity index (χ4n) is 1.31. The molecule has 1 aromatic carbocycles. The van der Waals surface area contributed by atoms with Crippen LogP contribution in [0.25, 0.3) is 16.3 Å². The summed E-state index contributed by atoms with van der Waals surface area (Å²) in [6, 6.07) is 4.96. The highest BCUT2D eigenvalue weighted by Crippen LogP contribution is 2.29. The van der Waals surface area contributed by atoms with E-state index in [0.29, 0.717) is 22.0 Å². The van der Waals surface area contributed by atoms with Crippen molar-refractivity contribution in [1.29, 1.82) is 0 Å². The lowest BCUT2D eigenvalue weighted by Crippen LogP contribution is -2.22. The Bertz CT molecular complexity index is 604. The van der Waals surface area contributed by atoms with Crippen LogP contribution in [0.4, 0.5) is 13.2 Å². The van der Waals surface area contributed by atoms with Crippen molar-refractivity contribution in [2.75, 3.05) is 7.11 Å². The average Bonchev–Trinajstić information content (AvgIpc) is 2.68. The Kier molecular flexibility index (Phi) is 3.16. The maximum atomic E-state index is 12.1.